The summed E-state index contributed by atoms with van der Waals surface area (Å²) in [6.07, 6.45) is 0.355. The van der Waals surface area contributed by atoms with Crippen LogP contribution >= 0.6 is 15.9 Å². The van der Waals surface area contributed by atoms with E-state index in [0.717, 1.165) is 22.2 Å². The predicted molar refractivity (Wildman–Crippen MR) is 115 cm³/mol. The van der Waals surface area contributed by atoms with E-state index in [1.807, 2.05) is 13.1 Å². The third-order valence-electron chi connectivity index (χ3n) is 6.37. The summed E-state index contributed by atoms with van der Waals surface area (Å²) >= 11 is 3.73. The Bertz CT molecular complexity index is 1010. The van der Waals surface area contributed by atoms with Gasteiger partial charge in [-0.1, -0.05) is 24.3 Å². The fourth-order valence-corrected chi connectivity index (χ4v) is 5.35. The Labute approximate surface area is 183 Å². The molecule has 2 aromatic rings. The number of hydrogen-bond acceptors (Lipinski definition) is 4. The maximum absolute atomic E-state index is 14.0. The highest BCUT2D eigenvalue weighted by Gasteiger charge is 2.48. The number of aryl methyl sites for hydroxylation is 1. The molecule has 2 aliphatic rings. The summed E-state index contributed by atoms with van der Waals surface area (Å²) in [7, 11) is 1.85. The smallest absolute Gasteiger partial charge is 0.159 e. The Morgan fingerprint density at radius 1 is 1.20 bits per heavy atom. The standard InChI is InChI=1S/C23H25BrF2N2O2/c1-13-5-4-6-16(14(13)2)21-20(24)22(30-28(21)3)17-12-27-10-9-23(17,29)15-7-8-18(25)19(26)11-15/h4-8,11,17,21,27,29H,9-10,12H2,1-3H3/t17-,21?,23+/m1/s1. The average molecular weight is 479 g/mol. The van der Waals surface area contributed by atoms with E-state index >= 15 is 0 Å². The van der Waals surface area contributed by atoms with Crippen molar-refractivity contribution < 1.29 is 18.7 Å². The number of piperidine rings is 1. The largest absolute Gasteiger partial charge is 0.408 e. The van der Waals surface area contributed by atoms with Crippen LogP contribution in [0.3, 0.4) is 0 Å². The van der Waals surface area contributed by atoms with Crippen molar-refractivity contribution in [1.82, 2.24) is 10.4 Å². The topological polar surface area (TPSA) is 44.7 Å². The van der Waals surface area contributed by atoms with Crippen LogP contribution in [-0.2, 0) is 10.4 Å². The number of halogens is 3. The molecule has 2 aromatic carbocycles. The van der Waals surface area contributed by atoms with Crippen LogP contribution in [0.25, 0.3) is 0 Å². The third kappa shape index (κ3) is 3.47. The number of nitrogens with zero attached hydrogens (tertiary/aromatic N) is 1. The molecule has 4 rings (SSSR count). The van der Waals surface area contributed by atoms with Gasteiger partial charge in [0.15, 0.2) is 11.6 Å². The summed E-state index contributed by atoms with van der Waals surface area (Å²) in [5, 5.41) is 16.7. The van der Waals surface area contributed by atoms with Crippen LogP contribution in [0.5, 0.6) is 0 Å². The van der Waals surface area contributed by atoms with E-state index in [4.69, 9.17) is 4.84 Å². The minimum Gasteiger partial charge on any atom is -0.408 e. The normalized spacial score (nSPS) is 27.4. The zero-order valence-electron chi connectivity index (χ0n) is 17.2. The minimum atomic E-state index is -1.38. The lowest BCUT2D eigenvalue weighted by Crippen LogP contribution is -2.49. The SMILES string of the molecule is Cc1cccc(C2C(Br)=C([C@H]3CNCC[C@]3(O)c3ccc(F)c(F)c3)ON2C)c1C. The van der Waals surface area contributed by atoms with Crippen LogP contribution in [0.4, 0.5) is 8.78 Å². The molecule has 1 unspecified atom stereocenters. The quantitative estimate of drug-likeness (QED) is 0.676. The zero-order valence-corrected chi connectivity index (χ0v) is 18.8. The highest BCUT2D eigenvalue weighted by Crippen LogP contribution is 2.49. The first-order chi connectivity index (χ1) is 14.2. The van der Waals surface area contributed by atoms with Crippen LogP contribution in [0.15, 0.2) is 46.6 Å². The highest BCUT2D eigenvalue weighted by atomic mass is 79.9. The molecule has 1 fully saturated rings. The lowest BCUT2D eigenvalue weighted by Gasteiger charge is -2.41. The van der Waals surface area contributed by atoms with Crippen molar-refractivity contribution in [3.63, 3.8) is 0 Å². The summed E-state index contributed by atoms with van der Waals surface area (Å²) < 4.78 is 28.3. The van der Waals surface area contributed by atoms with Crippen molar-refractivity contribution in [3.8, 4) is 0 Å². The van der Waals surface area contributed by atoms with Crippen molar-refractivity contribution in [2.24, 2.45) is 5.92 Å². The van der Waals surface area contributed by atoms with E-state index in [-0.39, 0.29) is 6.04 Å². The van der Waals surface area contributed by atoms with Gasteiger partial charge in [-0.3, -0.25) is 0 Å². The maximum Gasteiger partial charge on any atom is 0.159 e. The monoisotopic (exact) mass is 478 g/mol. The molecule has 0 amide bonds. The second kappa shape index (κ2) is 8.04. The average Bonchev–Trinajstić information content (AvgIpc) is 3.00. The predicted octanol–water partition coefficient (Wildman–Crippen LogP) is 4.60. The number of aliphatic hydroxyl groups is 1. The Kier molecular flexibility index (Phi) is 5.74. The van der Waals surface area contributed by atoms with Crippen LogP contribution in [-0.4, -0.2) is 30.3 Å². The van der Waals surface area contributed by atoms with Gasteiger partial charge in [0.05, 0.1) is 10.4 Å². The van der Waals surface area contributed by atoms with Gasteiger partial charge in [0, 0.05) is 13.6 Å². The molecule has 3 atom stereocenters. The van der Waals surface area contributed by atoms with Crippen LogP contribution in [0.1, 0.15) is 34.7 Å². The van der Waals surface area contributed by atoms with Gasteiger partial charge >= 0.3 is 0 Å². The summed E-state index contributed by atoms with van der Waals surface area (Å²) in [4.78, 5) is 6.14. The second-order valence-electron chi connectivity index (χ2n) is 8.10. The molecule has 0 bridgehead atoms. The van der Waals surface area contributed by atoms with E-state index in [0.29, 0.717) is 30.8 Å². The number of hydrogen-bond donors (Lipinski definition) is 2. The van der Waals surface area contributed by atoms with E-state index < -0.39 is 23.2 Å². The maximum atomic E-state index is 14.0. The van der Waals surface area contributed by atoms with Gasteiger partial charge in [-0.15, -0.1) is 5.06 Å². The Morgan fingerprint density at radius 2 is 1.97 bits per heavy atom. The molecule has 0 aliphatic carbocycles. The molecule has 0 spiro atoms. The molecule has 160 valence electrons. The first-order valence-corrected chi connectivity index (χ1v) is 10.8. The van der Waals surface area contributed by atoms with Crippen molar-refractivity contribution in [1.29, 1.82) is 0 Å². The number of nitrogens with one attached hydrogen (secondary N) is 1. The van der Waals surface area contributed by atoms with Crippen molar-refractivity contribution in [3.05, 3.63) is 80.5 Å². The Balaban J connectivity index is 1.77. The van der Waals surface area contributed by atoms with Crippen molar-refractivity contribution >= 4 is 15.9 Å². The van der Waals surface area contributed by atoms with Crippen LogP contribution in [0, 0.1) is 31.4 Å². The lowest BCUT2D eigenvalue weighted by atomic mass is 9.75. The Hall–Kier alpha value is -1.80. The lowest BCUT2D eigenvalue weighted by molar-refractivity contribution is -0.130. The molecule has 2 N–H and O–H groups in total. The molecule has 0 radical (unpaired) electrons. The number of benzene rings is 2. The first kappa shape index (κ1) is 21.4. The first-order valence-electron chi connectivity index (χ1n) is 9.99. The number of rotatable bonds is 3. The second-order valence-corrected chi connectivity index (χ2v) is 8.96. The van der Waals surface area contributed by atoms with Gasteiger partial charge < -0.3 is 15.3 Å². The highest BCUT2D eigenvalue weighted by molar-refractivity contribution is 9.11. The summed E-state index contributed by atoms with van der Waals surface area (Å²) in [5.41, 5.74) is 2.44. The van der Waals surface area contributed by atoms with E-state index in [1.54, 1.807) is 5.06 Å². The van der Waals surface area contributed by atoms with E-state index in [9.17, 15) is 13.9 Å². The Morgan fingerprint density at radius 3 is 2.70 bits per heavy atom. The molecule has 0 aromatic heterocycles. The van der Waals surface area contributed by atoms with Crippen LogP contribution < -0.4 is 5.32 Å². The van der Waals surface area contributed by atoms with Crippen molar-refractivity contribution in [2.75, 3.05) is 20.1 Å². The molecular weight excluding hydrogens is 454 g/mol. The number of likely N-dealkylation sites (N-methyl/N-ethyl adjacent to an activating group) is 1. The van der Waals surface area contributed by atoms with Gasteiger partial charge in [-0.05, 0) is 77.1 Å². The fraction of sp³-hybridized carbons (Fsp3) is 0.391. The summed E-state index contributed by atoms with van der Waals surface area (Å²) in [5.74, 6) is -1.77. The van der Waals surface area contributed by atoms with Gasteiger partial charge in [0.1, 0.15) is 17.4 Å². The molecule has 30 heavy (non-hydrogen) atoms. The van der Waals surface area contributed by atoms with Crippen molar-refractivity contribution in [2.45, 2.75) is 31.9 Å². The van der Waals surface area contributed by atoms with E-state index in [2.05, 4.69) is 47.2 Å². The molecule has 1 saturated heterocycles. The molecule has 2 aliphatic heterocycles. The minimum absolute atomic E-state index is 0.156. The molecule has 7 heteroatoms. The van der Waals surface area contributed by atoms with Gasteiger partial charge in [-0.25, -0.2) is 8.78 Å². The molecule has 0 saturated carbocycles. The van der Waals surface area contributed by atoms with Gasteiger partial charge in [0.25, 0.3) is 0 Å². The molecule has 4 nitrogen and oxygen atoms in total. The van der Waals surface area contributed by atoms with Gasteiger partial charge in [0.2, 0.25) is 0 Å². The number of hydroxylamine groups is 2. The fourth-order valence-electron chi connectivity index (χ4n) is 4.47. The molecule has 2 heterocycles. The summed E-state index contributed by atoms with van der Waals surface area (Å²) in [6, 6.07) is 9.60. The van der Waals surface area contributed by atoms with Crippen LogP contribution in [0.2, 0.25) is 0 Å². The zero-order chi connectivity index (χ0) is 21.6. The molecular formula is C23H25BrF2N2O2. The summed E-state index contributed by atoms with van der Waals surface area (Å²) in [6.45, 7) is 5.16. The van der Waals surface area contributed by atoms with E-state index in [1.165, 1.54) is 17.2 Å². The third-order valence-corrected chi connectivity index (χ3v) is 7.19. The van der Waals surface area contributed by atoms with Gasteiger partial charge in [-0.2, -0.15) is 0 Å².